The van der Waals surface area contributed by atoms with Crippen molar-refractivity contribution in [2.45, 2.75) is 159 Å². The van der Waals surface area contributed by atoms with Crippen LogP contribution in [0.1, 0.15) is 183 Å². The van der Waals surface area contributed by atoms with Crippen LogP contribution in [-0.2, 0) is 19.1 Å². The van der Waals surface area contributed by atoms with Gasteiger partial charge in [0.05, 0.1) is 7.11 Å². The summed E-state index contributed by atoms with van der Waals surface area (Å²) in [4.78, 5) is 64.7. The number of Topliss-reactive ketones (excluding diaryl/α,β-unsaturated/α-hetero) is 2. The molecule has 7 atom stereocenters. The minimum absolute atomic E-state index is 0. The van der Waals surface area contributed by atoms with Gasteiger partial charge in [-0.05, 0) is 102 Å². The second-order valence-corrected chi connectivity index (χ2v) is 20.1. The molecule has 4 aliphatic rings. The van der Waals surface area contributed by atoms with Crippen LogP contribution in [0.15, 0.2) is 34.3 Å². The van der Waals surface area contributed by atoms with Gasteiger partial charge in [-0.25, -0.2) is 0 Å². The number of hydrogen-bond acceptors (Lipinski definition) is 6. The molecule has 1 fully saturated rings. The van der Waals surface area contributed by atoms with Crippen molar-refractivity contribution in [3.8, 4) is 0 Å². The number of fused-ring (bicyclic) bond motifs is 7. The smallest absolute Gasteiger partial charge is 0.681 e. The molecule has 0 saturated carbocycles. The number of allylic oxidation sites excluding steroid dienone is 4. The Morgan fingerprint density at radius 1 is 0.864 bits per heavy atom. The molecule has 0 spiro atoms. The van der Waals surface area contributed by atoms with Gasteiger partial charge in [-0.15, -0.1) is 33.9 Å². The van der Waals surface area contributed by atoms with Crippen molar-refractivity contribution >= 4 is 70.4 Å². The van der Waals surface area contributed by atoms with Crippen LogP contribution in [0.2, 0.25) is 0 Å². The number of nitrogens with zero attached hydrogens (tertiary/aromatic N) is 4. The molecule has 6 rings (SSSR count). The molecular formula is C55H74MgN4O6-2. The Morgan fingerprint density at radius 3 is 2.17 bits per heavy atom. The molecular weight excluding hydrogens is 837 g/mol. The first-order valence-electron chi connectivity index (χ1n) is 24.5. The first kappa shape index (κ1) is 52.9. The zero-order valence-corrected chi connectivity index (χ0v) is 43.5. The molecule has 10 nitrogen and oxygen atoms in total. The van der Waals surface area contributed by atoms with Gasteiger partial charge >= 0.3 is 35.0 Å². The molecule has 2 aromatic heterocycles. The molecule has 5 heterocycles. The van der Waals surface area contributed by atoms with Crippen molar-refractivity contribution in [3.63, 3.8) is 0 Å². The number of methoxy groups -OCH3 is 1. The van der Waals surface area contributed by atoms with Crippen LogP contribution >= 0.6 is 0 Å². The van der Waals surface area contributed by atoms with E-state index < -0.39 is 17.9 Å². The monoisotopic (exact) mass is 911 g/mol. The van der Waals surface area contributed by atoms with E-state index in [1.54, 1.807) is 6.92 Å². The molecule has 0 radical (unpaired) electrons. The van der Waals surface area contributed by atoms with Gasteiger partial charge in [0.15, 0.2) is 11.6 Å². The van der Waals surface area contributed by atoms with E-state index in [1.807, 2.05) is 38.2 Å². The Kier molecular flexibility index (Phi) is 18.6. The normalized spacial score (nSPS) is 24.9. The van der Waals surface area contributed by atoms with Crippen molar-refractivity contribution in [2.24, 2.45) is 41.4 Å². The molecule has 11 heteroatoms. The minimum Gasteiger partial charge on any atom is -0.681 e. The Labute approximate surface area is 410 Å². The van der Waals surface area contributed by atoms with Gasteiger partial charge < -0.3 is 30.1 Å². The molecule has 0 amide bonds. The zero-order chi connectivity index (χ0) is 47.3. The molecule has 1 aliphatic carbocycles. The fourth-order valence-electron chi connectivity index (χ4n) is 10.6. The van der Waals surface area contributed by atoms with Crippen LogP contribution in [0, 0.1) is 55.3 Å². The number of rotatable bonds is 20. The molecule has 354 valence electrons. The SMILES string of the molecule is CC[C@@H]1C(C)=C2/C=c3\[n-]/c(c(C)c3C(C)=O)=C\C3[N-]/C(=C4\c5[n-]c(c(C)c5C(=O)[C@@H]4C(=O)OC)/C=C/1[N-]2)[C@@H](CCC(=O)OC/C=C(/C)CCC[C@H](C)CCC[C@H](C)CCCC(C)C)[C@@H]3C.[Mg+2]. The Morgan fingerprint density at radius 2 is 1.53 bits per heavy atom. The number of aromatic nitrogens is 2. The first-order chi connectivity index (χ1) is 30.9. The number of hydrogen-bond donors (Lipinski definition) is 0. The predicted octanol–water partition coefficient (Wildman–Crippen LogP) is 10.8. The van der Waals surface area contributed by atoms with Gasteiger partial charge in [-0.1, -0.05) is 133 Å². The Balaban J connectivity index is 0.00000817. The van der Waals surface area contributed by atoms with E-state index in [0.717, 1.165) is 53.6 Å². The van der Waals surface area contributed by atoms with Crippen molar-refractivity contribution in [1.29, 1.82) is 0 Å². The summed E-state index contributed by atoms with van der Waals surface area (Å²) in [5.74, 6) is -0.863. The summed E-state index contributed by atoms with van der Waals surface area (Å²) in [5.41, 5.74) is 8.26. The predicted molar refractivity (Wildman–Crippen MR) is 266 cm³/mol. The molecule has 8 bridgehead atoms. The zero-order valence-electron chi connectivity index (χ0n) is 42.1. The first-order valence-corrected chi connectivity index (χ1v) is 24.5. The van der Waals surface area contributed by atoms with Crippen molar-refractivity contribution in [3.05, 3.63) is 89.3 Å². The maximum Gasteiger partial charge on any atom is 2.00 e. The minimum atomic E-state index is -1.24. The number of carbonyl (C=O) groups is 4. The Hall–Kier alpha value is -4.09. The summed E-state index contributed by atoms with van der Waals surface area (Å²) in [5, 5.41) is 11.5. The summed E-state index contributed by atoms with van der Waals surface area (Å²) >= 11 is 0. The van der Waals surface area contributed by atoms with E-state index in [0.29, 0.717) is 62.4 Å². The van der Waals surface area contributed by atoms with Crippen LogP contribution in [0.5, 0.6) is 0 Å². The topological polar surface area (TPSA) is 143 Å². The third-order valence-electron chi connectivity index (χ3n) is 14.7. The summed E-state index contributed by atoms with van der Waals surface area (Å²) in [7, 11) is 1.29. The Bertz CT molecular complexity index is 2390. The molecule has 1 saturated heterocycles. The second-order valence-electron chi connectivity index (χ2n) is 20.1. The standard InChI is InChI=1S/C55H75N4O6.Mg/c1-13-39-34(7)41-29-46-48(38(11)60)36(9)43(57-46)27-42-35(8)40(52(58-42)50-51(55(63)64-12)54(62)49-37(10)44(59-53(49)50)28-45(39)56-41)23-24-47(61)65-26-25-33(6)22-16-21-32(5)20-15-19-31(4)18-14-17-30(2)3;/h25,27-32,35,39-40,42,51H,13-24,26H2,1-12H3,(H-,58,59,62);/q-3;+2/p-1/b33-25-,43-27-,45-28-,46-29-;/t31-,32-,35+,39-,40+,42?,51-;/m1./s1. The van der Waals surface area contributed by atoms with Gasteiger partial charge in [0.25, 0.3) is 0 Å². The number of ether oxygens (including phenoxy) is 2. The number of esters is 2. The molecule has 3 aliphatic heterocycles. The van der Waals surface area contributed by atoms with Crippen LogP contribution < -0.4 is 20.7 Å². The van der Waals surface area contributed by atoms with Crippen LogP contribution in [-0.4, -0.2) is 66.3 Å². The van der Waals surface area contributed by atoms with Crippen LogP contribution in [0.3, 0.4) is 0 Å². The summed E-state index contributed by atoms with van der Waals surface area (Å²) in [6.45, 7) is 23.3. The van der Waals surface area contributed by atoms with Gasteiger partial charge in [0.1, 0.15) is 12.5 Å². The van der Waals surface area contributed by atoms with Gasteiger partial charge in [0, 0.05) is 17.5 Å². The second kappa shape index (κ2) is 23.3. The third kappa shape index (κ3) is 11.8. The molecule has 1 unspecified atom stereocenters. The maximum atomic E-state index is 14.4. The number of ketones is 2. The summed E-state index contributed by atoms with van der Waals surface area (Å²) < 4.78 is 11.0. The van der Waals surface area contributed by atoms with Gasteiger partial charge in [0.2, 0.25) is 0 Å². The fourth-order valence-corrected chi connectivity index (χ4v) is 10.6. The van der Waals surface area contributed by atoms with Crippen LogP contribution in [0.4, 0.5) is 0 Å². The van der Waals surface area contributed by atoms with Crippen molar-refractivity contribution < 1.29 is 28.7 Å². The average molecular weight is 912 g/mol. The van der Waals surface area contributed by atoms with Crippen LogP contribution in [0.25, 0.3) is 34.4 Å². The largest absolute Gasteiger partial charge is 2.00 e. The van der Waals surface area contributed by atoms with E-state index >= 15 is 0 Å². The van der Waals surface area contributed by atoms with E-state index in [2.05, 4.69) is 55.4 Å². The van der Waals surface area contributed by atoms with Crippen molar-refractivity contribution in [1.82, 2.24) is 9.97 Å². The van der Waals surface area contributed by atoms with Gasteiger partial charge in [-0.2, -0.15) is 11.4 Å². The van der Waals surface area contributed by atoms with E-state index in [9.17, 15) is 19.2 Å². The molecule has 0 aromatic carbocycles. The fraction of sp³-hybridized carbons (Fsp3) is 0.600. The van der Waals surface area contributed by atoms with E-state index in [1.165, 1.54) is 57.6 Å². The van der Waals surface area contributed by atoms with E-state index in [-0.39, 0.29) is 71.4 Å². The maximum absolute atomic E-state index is 14.4. The quantitative estimate of drug-likeness (QED) is 0.0420. The molecule has 0 N–H and O–H groups in total. The molecule has 2 aromatic rings. The summed E-state index contributed by atoms with van der Waals surface area (Å²) in [6, 6.07) is -0.440. The summed E-state index contributed by atoms with van der Waals surface area (Å²) in [6.07, 6.45) is 20.4. The number of carbonyl (C=O) groups excluding carboxylic acids is 4. The van der Waals surface area contributed by atoms with Gasteiger partial charge in [-0.3, -0.25) is 19.2 Å². The average Bonchev–Trinajstić information content (AvgIpc) is 4.00. The van der Waals surface area contributed by atoms with Crippen molar-refractivity contribution in [2.75, 3.05) is 13.7 Å². The molecule has 66 heavy (non-hydrogen) atoms. The van der Waals surface area contributed by atoms with E-state index in [4.69, 9.17) is 30.1 Å². The third-order valence-corrected chi connectivity index (χ3v) is 14.7.